The van der Waals surface area contributed by atoms with Gasteiger partial charge in [0.2, 0.25) is 11.8 Å². The molecule has 1 aromatic heterocycles. The van der Waals surface area contributed by atoms with E-state index in [1.165, 1.54) is 12.8 Å². The number of hydrogen-bond donors (Lipinski definition) is 1. The van der Waals surface area contributed by atoms with Crippen molar-refractivity contribution in [2.24, 2.45) is 11.8 Å². The largest absolute Gasteiger partial charge is 0.490 e. The molecule has 7 heteroatoms. The minimum Gasteiger partial charge on any atom is -0.490 e. The van der Waals surface area contributed by atoms with Gasteiger partial charge in [0, 0.05) is 57.3 Å². The molecule has 7 nitrogen and oxygen atoms in total. The summed E-state index contributed by atoms with van der Waals surface area (Å²) < 4.78 is 6.14. The maximum atomic E-state index is 12.7. The molecular weight excluding hydrogens is 416 g/mol. The second-order valence-electron chi connectivity index (χ2n) is 9.50. The first kappa shape index (κ1) is 21.7. The van der Waals surface area contributed by atoms with Gasteiger partial charge in [-0.1, -0.05) is 0 Å². The lowest BCUT2D eigenvalue weighted by Gasteiger charge is -2.32. The number of piperidine rings is 1. The second-order valence-corrected chi connectivity index (χ2v) is 9.50. The van der Waals surface area contributed by atoms with E-state index in [0.717, 1.165) is 62.4 Å². The van der Waals surface area contributed by atoms with Crippen LogP contribution in [0.3, 0.4) is 0 Å². The Balaban J connectivity index is 1.06. The number of ether oxygens (including phenoxy) is 1. The summed E-state index contributed by atoms with van der Waals surface area (Å²) >= 11 is 0. The van der Waals surface area contributed by atoms with Crippen molar-refractivity contribution in [3.8, 4) is 5.75 Å². The third-order valence-electron chi connectivity index (χ3n) is 6.95. The molecule has 5 rings (SSSR count). The molecule has 3 aliphatic rings. The van der Waals surface area contributed by atoms with E-state index < -0.39 is 0 Å². The van der Waals surface area contributed by atoms with E-state index in [4.69, 9.17) is 4.74 Å². The molecule has 0 bridgehead atoms. The van der Waals surface area contributed by atoms with E-state index in [1.54, 1.807) is 6.20 Å². The number of rotatable bonds is 7. The van der Waals surface area contributed by atoms with Crippen molar-refractivity contribution in [2.45, 2.75) is 44.6 Å². The average molecular weight is 449 g/mol. The number of nitrogens with zero attached hydrogens (tertiary/aromatic N) is 3. The monoisotopic (exact) mass is 448 g/mol. The Labute approximate surface area is 195 Å². The van der Waals surface area contributed by atoms with Gasteiger partial charge in [0.25, 0.3) is 0 Å². The van der Waals surface area contributed by atoms with E-state index in [-0.39, 0.29) is 17.9 Å². The first-order valence-corrected chi connectivity index (χ1v) is 12.1. The first-order valence-electron chi connectivity index (χ1n) is 12.1. The molecule has 174 valence electrons. The Kier molecular flexibility index (Phi) is 6.46. The highest BCUT2D eigenvalue weighted by Crippen LogP contribution is 2.33. The number of carbonyl (C=O) groups is 2. The number of amides is 2. The van der Waals surface area contributed by atoms with Crippen LogP contribution in [0.1, 0.15) is 38.5 Å². The van der Waals surface area contributed by atoms with E-state index >= 15 is 0 Å². The molecule has 2 aliphatic heterocycles. The molecule has 2 amide bonds. The zero-order valence-corrected chi connectivity index (χ0v) is 19.0. The van der Waals surface area contributed by atoms with Gasteiger partial charge in [-0.05, 0) is 61.6 Å². The van der Waals surface area contributed by atoms with Gasteiger partial charge in [0.05, 0.1) is 17.8 Å². The summed E-state index contributed by atoms with van der Waals surface area (Å²) in [7, 11) is 0. The molecule has 0 radical (unpaired) electrons. The van der Waals surface area contributed by atoms with E-state index in [2.05, 4.69) is 15.2 Å². The van der Waals surface area contributed by atoms with Crippen LogP contribution in [0.5, 0.6) is 5.75 Å². The number of benzene rings is 1. The van der Waals surface area contributed by atoms with Crippen LogP contribution < -0.4 is 15.0 Å². The third-order valence-corrected chi connectivity index (χ3v) is 6.95. The van der Waals surface area contributed by atoms with Crippen molar-refractivity contribution in [1.29, 1.82) is 0 Å². The van der Waals surface area contributed by atoms with Crippen LogP contribution in [0.2, 0.25) is 0 Å². The van der Waals surface area contributed by atoms with Crippen LogP contribution in [-0.4, -0.2) is 54.0 Å². The molecule has 3 fully saturated rings. The van der Waals surface area contributed by atoms with Crippen molar-refractivity contribution in [3.63, 3.8) is 0 Å². The highest BCUT2D eigenvalue weighted by atomic mass is 16.5. The highest BCUT2D eigenvalue weighted by molar-refractivity contribution is 5.93. The van der Waals surface area contributed by atoms with Crippen LogP contribution in [0, 0.1) is 11.8 Å². The van der Waals surface area contributed by atoms with Crippen LogP contribution in [0.4, 0.5) is 11.4 Å². The van der Waals surface area contributed by atoms with Crippen molar-refractivity contribution in [1.82, 2.24) is 9.88 Å². The summed E-state index contributed by atoms with van der Waals surface area (Å²) in [5, 5.41) is 3.04. The van der Waals surface area contributed by atoms with E-state index in [9.17, 15) is 9.59 Å². The zero-order valence-electron chi connectivity index (χ0n) is 19.0. The summed E-state index contributed by atoms with van der Waals surface area (Å²) in [6.45, 7) is 3.13. The van der Waals surface area contributed by atoms with Gasteiger partial charge >= 0.3 is 0 Å². The van der Waals surface area contributed by atoms with Gasteiger partial charge < -0.3 is 19.9 Å². The minimum atomic E-state index is -0.0334. The Morgan fingerprint density at radius 1 is 1.00 bits per heavy atom. The predicted molar refractivity (Wildman–Crippen MR) is 127 cm³/mol. The Hall–Kier alpha value is -3.09. The summed E-state index contributed by atoms with van der Waals surface area (Å²) in [5.41, 5.74) is 1.85. The molecule has 1 aromatic carbocycles. The van der Waals surface area contributed by atoms with Gasteiger partial charge in [-0.25, -0.2) is 0 Å². The van der Waals surface area contributed by atoms with Crippen LogP contribution in [0.25, 0.3) is 0 Å². The lowest BCUT2D eigenvalue weighted by molar-refractivity contribution is -0.133. The molecule has 33 heavy (non-hydrogen) atoms. The fraction of sp³-hybridized carbons (Fsp3) is 0.500. The second kappa shape index (κ2) is 9.81. The molecule has 2 aromatic rings. The number of aromatic nitrogens is 1. The fourth-order valence-corrected chi connectivity index (χ4v) is 4.72. The third kappa shape index (κ3) is 5.64. The van der Waals surface area contributed by atoms with Crippen LogP contribution in [-0.2, 0) is 9.59 Å². The lowest BCUT2D eigenvalue weighted by atomic mass is 10.1. The van der Waals surface area contributed by atoms with Gasteiger partial charge in [-0.3, -0.25) is 14.6 Å². The molecule has 1 saturated carbocycles. The summed E-state index contributed by atoms with van der Waals surface area (Å²) in [6.07, 6.45) is 9.45. The molecule has 1 aliphatic carbocycles. The summed E-state index contributed by atoms with van der Waals surface area (Å²) in [4.78, 5) is 33.4. The van der Waals surface area contributed by atoms with E-state index in [0.29, 0.717) is 18.4 Å². The number of likely N-dealkylation sites (tertiary alicyclic amines) is 1. The molecule has 3 heterocycles. The highest BCUT2D eigenvalue weighted by Gasteiger charge is 2.30. The van der Waals surface area contributed by atoms with Crippen LogP contribution in [0.15, 0.2) is 48.8 Å². The topological polar surface area (TPSA) is 74.8 Å². The maximum absolute atomic E-state index is 12.7. The average Bonchev–Trinajstić information content (AvgIpc) is 3.52. The fourth-order valence-electron chi connectivity index (χ4n) is 4.72. The standard InChI is InChI=1S/C26H32N4O3/c31-25(16-19-3-4-19)29-14-10-24(11-15-29)33-23-7-5-21(6-8-23)28-26(32)20-9-13-30(18-20)22-2-1-12-27-17-22/h1-2,5-8,12,17,19-20,24H,3-4,9-11,13-16,18H2,(H,28,32). The Morgan fingerprint density at radius 3 is 2.48 bits per heavy atom. The number of carbonyl (C=O) groups excluding carboxylic acids is 2. The van der Waals surface area contributed by atoms with Crippen molar-refractivity contribution in [3.05, 3.63) is 48.8 Å². The normalized spacial score (nSPS) is 21.2. The lowest BCUT2D eigenvalue weighted by Crippen LogP contribution is -2.41. The number of pyridine rings is 1. The summed E-state index contributed by atoms with van der Waals surface area (Å²) in [5.74, 6) is 1.77. The number of nitrogens with one attached hydrogen (secondary N) is 1. The van der Waals surface area contributed by atoms with Gasteiger partial charge in [0.15, 0.2) is 0 Å². The summed E-state index contributed by atoms with van der Waals surface area (Å²) in [6, 6.07) is 11.6. The maximum Gasteiger partial charge on any atom is 0.229 e. The quantitative estimate of drug-likeness (QED) is 0.699. The smallest absolute Gasteiger partial charge is 0.229 e. The number of anilines is 2. The predicted octanol–water partition coefficient (Wildman–Crippen LogP) is 3.72. The molecule has 1 atom stereocenters. The van der Waals surface area contributed by atoms with Gasteiger partial charge in [-0.15, -0.1) is 0 Å². The van der Waals surface area contributed by atoms with Gasteiger partial charge in [-0.2, -0.15) is 0 Å². The van der Waals surface area contributed by atoms with Crippen molar-refractivity contribution in [2.75, 3.05) is 36.4 Å². The Bertz CT molecular complexity index is 953. The molecule has 2 saturated heterocycles. The van der Waals surface area contributed by atoms with Crippen molar-refractivity contribution < 1.29 is 14.3 Å². The molecule has 1 unspecified atom stereocenters. The molecular formula is C26H32N4O3. The van der Waals surface area contributed by atoms with E-state index in [1.807, 2.05) is 47.5 Å². The minimum absolute atomic E-state index is 0.0334. The zero-order chi connectivity index (χ0) is 22.6. The van der Waals surface area contributed by atoms with Crippen molar-refractivity contribution >= 4 is 23.2 Å². The SMILES string of the molecule is O=C(Nc1ccc(OC2CCN(C(=O)CC3CC3)CC2)cc1)C1CCN(c2cccnc2)C1. The first-order chi connectivity index (χ1) is 16.1. The van der Waals surface area contributed by atoms with Gasteiger partial charge in [0.1, 0.15) is 11.9 Å². The molecule has 1 N–H and O–H groups in total. The Morgan fingerprint density at radius 2 is 1.79 bits per heavy atom. The van der Waals surface area contributed by atoms with Crippen LogP contribution >= 0.6 is 0 Å². The molecule has 0 spiro atoms. The number of hydrogen-bond acceptors (Lipinski definition) is 5.